The number of imidazole rings is 1. The number of rotatable bonds is 2. The van der Waals surface area contributed by atoms with Crippen molar-refractivity contribution in [2.24, 2.45) is 0 Å². The van der Waals surface area contributed by atoms with E-state index >= 15 is 0 Å². The number of hydrogen-bond donors (Lipinski definition) is 0. The lowest BCUT2D eigenvalue weighted by Crippen LogP contribution is -2.03. The Morgan fingerprint density at radius 3 is 2.20 bits per heavy atom. The van der Waals surface area contributed by atoms with Gasteiger partial charge in [-0.3, -0.25) is 4.57 Å². The van der Waals surface area contributed by atoms with E-state index in [-0.39, 0.29) is 0 Å². The van der Waals surface area contributed by atoms with Crippen LogP contribution in [0.3, 0.4) is 0 Å². The molecule has 2 heterocycles. The Bertz CT molecular complexity index is 1920. The number of fused-ring (bicyclic) bond motifs is 6. The Morgan fingerprint density at radius 1 is 0.629 bits per heavy atom. The zero-order valence-electron chi connectivity index (χ0n) is 20.0. The number of nitrogens with zero attached hydrogens (tertiary/aromatic N) is 2. The van der Waals surface area contributed by atoms with Crippen LogP contribution in [-0.4, -0.2) is 9.55 Å². The maximum absolute atomic E-state index is 6.59. The highest BCUT2D eigenvalue weighted by atomic mass is 16.3. The van der Waals surface area contributed by atoms with Crippen molar-refractivity contribution in [3.05, 3.63) is 108 Å². The molecule has 0 radical (unpaired) electrons. The van der Waals surface area contributed by atoms with Gasteiger partial charge in [0.1, 0.15) is 17.0 Å². The Labute approximate surface area is 203 Å². The zero-order valence-corrected chi connectivity index (χ0v) is 20.0. The molecule has 0 unspecified atom stereocenters. The van der Waals surface area contributed by atoms with E-state index in [0.717, 1.165) is 55.3 Å². The lowest BCUT2D eigenvalue weighted by molar-refractivity contribution is 0.669. The molecule has 7 rings (SSSR count). The highest BCUT2D eigenvalue weighted by Gasteiger charge is 2.21. The summed E-state index contributed by atoms with van der Waals surface area (Å²) in [6.45, 7) is 6.49. The number of benzene rings is 5. The fourth-order valence-electron chi connectivity index (χ4n) is 5.54. The summed E-state index contributed by atoms with van der Waals surface area (Å²) in [6.07, 6.45) is 0. The second kappa shape index (κ2) is 7.31. The summed E-state index contributed by atoms with van der Waals surface area (Å²) in [5.74, 6) is 0.938. The summed E-state index contributed by atoms with van der Waals surface area (Å²) in [5.41, 5.74) is 9.79. The minimum absolute atomic E-state index is 0.925. The first kappa shape index (κ1) is 20.0. The van der Waals surface area contributed by atoms with Crippen molar-refractivity contribution in [3.63, 3.8) is 0 Å². The number of furan rings is 1. The van der Waals surface area contributed by atoms with Gasteiger partial charge in [0.2, 0.25) is 0 Å². The molecule has 3 nitrogen and oxygen atoms in total. The van der Waals surface area contributed by atoms with Crippen LogP contribution in [0.2, 0.25) is 0 Å². The van der Waals surface area contributed by atoms with E-state index in [2.05, 4.69) is 116 Å². The normalized spacial score (nSPS) is 11.9. The van der Waals surface area contributed by atoms with Gasteiger partial charge in [0.15, 0.2) is 0 Å². The van der Waals surface area contributed by atoms with Crippen molar-refractivity contribution < 1.29 is 4.42 Å². The molecule has 3 heteroatoms. The summed E-state index contributed by atoms with van der Waals surface area (Å²) in [6, 6.07) is 32.0. The fraction of sp³-hybridized carbons (Fsp3) is 0.0938. The van der Waals surface area contributed by atoms with Gasteiger partial charge in [-0.25, -0.2) is 4.98 Å². The molecule has 35 heavy (non-hydrogen) atoms. The number of para-hydroxylation sites is 3. The van der Waals surface area contributed by atoms with Gasteiger partial charge in [0.25, 0.3) is 0 Å². The second-order valence-corrected chi connectivity index (χ2v) is 9.38. The first-order chi connectivity index (χ1) is 17.1. The van der Waals surface area contributed by atoms with E-state index < -0.39 is 0 Å². The Hall–Kier alpha value is -4.37. The maximum Gasteiger partial charge on any atom is 0.146 e. The van der Waals surface area contributed by atoms with Gasteiger partial charge in [0, 0.05) is 27.3 Å². The molecule has 0 N–H and O–H groups in total. The summed E-state index contributed by atoms with van der Waals surface area (Å²) in [5, 5.41) is 4.62. The van der Waals surface area contributed by atoms with Crippen LogP contribution < -0.4 is 0 Å². The van der Waals surface area contributed by atoms with Gasteiger partial charge >= 0.3 is 0 Å². The van der Waals surface area contributed by atoms with Crippen LogP contribution >= 0.6 is 0 Å². The van der Waals surface area contributed by atoms with Crippen LogP contribution in [0, 0.1) is 20.8 Å². The van der Waals surface area contributed by atoms with Crippen molar-refractivity contribution in [2.75, 3.05) is 0 Å². The SMILES string of the molecule is Cc1cccc(C)c1-n1c(-c2ccc3c(oc4c5ccccc5ccc34)c2C)nc2ccccc21. The molecule has 7 aromatic rings. The van der Waals surface area contributed by atoms with Crippen LogP contribution in [-0.2, 0) is 0 Å². The van der Waals surface area contributed by atoms with Gasteiger partial charge in [-0.05, 0) is 61.5 Å². The summed E-state index contributed by atoms with van der Waals surface area (Å²) >= 11 is 0. The highest BCUT2D eigenvalue weighted by molar-refractivity contribution is 6.16. The zero-order chi connectivity index (χ0) is 23.7. The van der Waals surface area contributed by atoms with Gasteiger partial charge in [-0.15, -0.1) is 0 Å². The average Bonchev–Trinajstić information content (AvgIpc) is 3.44. The molecule has 0 amide bonds. The third kappa shape index (κ3) is 2.82. The van der Waals surface area contributed by atoms with Crippen LogP contribution in [0.25, 0.3) is 60.8 Å². The van der Waals surface area contributed by atoms with E-state index in [4.69, 9.17) is 9.40 Å². The third-order valence-corrected chi connectivity index (χ3v) is 7.24. The minimum atomic E-state index is 0.925. The van der Waals surface area contributed by atoms with Gasteiger partial charge < -0.3 is 4.42 Å². The topological polar surface area (TPSA) is 31.0 Å². The Kier molecular flexibility index (Phi) is 4.19. The molecular weight excluding hydrogens is 428 g/mol. The largest absolute Gasteiger partial charge is 0.455 e. The number of aryl methyl sites for hydroxylation is 3. The first-order valence-corrected chi connectivity index (χ1v) is 12.0. The third-order valence-electron chi connectivity index (χ3n) is 7.24. The molecule has 0 aliphatic carbocycles. The van der Waals surface area contributed by atoms with E-state index in [0.29, 0.717) is 0 Å². The molecule has 5 aromatic carbocycles. The maximum atomic E-state index is 6.59. The fourth-order valence-corrected chi connectivity index (χ4v) is 5.54. The lowest BCUT2D eigenvalue weighted by atomic mass is 10.0. The van der Waals surface area contributed by atoms with Crippen molar-refractivity contribution in [3.8, 4) is 17.1 Å². The Morgan fingerprint density at radius 2 is 1.34 bits per heavy atom. The van der Waals surface area contributed by atoms with Crippen LogP contribution in [0.4, 0.5) is 0 Å². The molecule has 0 saturated carbocycles. The minimum Gasteiger partial charge on any atom is -0.455 e. The summed E-state index contributed by atoms with van der Waals surface area (Å²) in [4.78, 5) is 5.13. The predicted molar refractivity (Wildman–Crippen MR) is 146 cm³/mol. The van der Waals surface area contributed by atoms with Crippen LogP contribution in [0.1, 0.15) is 16.7 Å². The molecule has 0 saturated heterocycles. The van der Waals surface area contributed by atoms with E-state index in [1.807, 2.05) is 0 Å². The van der Waals surface area contributed by atoms with Crippen molar-refractivity contribution in [1.29, 1.82) is 0 Å². The molecule has 0 aliphatic rings. The molecule has 0 fully saturated rings. The molecule has 0 atom stereocenters. The monoisotopic (exact) mass is 452 g/mol. The van der Waals surface area contributed by atoms with Gasteiger partial charge in [-0.2, -0.15) is 0 Å². The molecule has 0 aliphatic heterocycles. The molecule has 168 valence electrons. The van der Waals surface area contributed by atoms with E-state index in [1.54, 1.807) is 0 Å². The number of aromatic nitrogens is 2. The van der Waals surface area contributed by atoms with Crippen molar-refractivity contribution in [1.82, 2.24) is 9.55 Å². The predicted octanol–water partition coefficient (Wildman–Crippen LogP) is 8.67. The highest BCUT2D eigenvalue weighted by Crippen LogP contribution is 2.40. The van der Waals surface area contributed by atoms with Crippen molar-refractivity contribution >= 4 is 43.7 Å². The van der Waals surface area contributed by atoms with E-state index in [1.165, 1.54) is 22.2 Å². The van der Waals surface area contributed by atoms with E-state index in [9.17, 15) is 0 Å². The second-order valence-electron chi connectivity index (χ2n) is 9.38. The average molecular weight is 453 g/mol. The van der Waals surface area contributed by atoms with Crippen LogP contribution in [0.5, 0.6) is 0 Å². The van der Waals surface area contributed by atoms with Crippen molar-refractivity contribution in [2.45, 2.75) is 20.8 Å². The molecule has 0 bridgehead atoms. The Balaban J connectivity index is 1.57. The first-order valence-electron chi connectivity index (χ1n) is 12.0. The smallest absolute Gasteiger partial charge is 0.146 e. The summed E-state index contributed by atoms with van der Waals surface area (Å²) in [7, 11) is 0. The molecule has 2 aromatic heterocycles. The quantitative estimate of drug-likeness (QED) is 0.263. The van der Waals surface area contributed by atoms with Gasteiger partial charge in [-0.1, -0.05) is 66.7 Å². The lowest BCUT2D eigenvalue weighted by Gasteiger charge is -2.16. The molecule has 0 spiro atoms. The van der Waals surface area contributed by atoms with Gasteiger partial charge in [0.05, 0.1) is 16.7 Å². The standard InChI is InChI=1S/C32H24N2O/c1-19-9-8-10-20(2)29(19)34-28-14-7-6-13-27(28)33-32(34)23-17-18-25-26-16-15-22-11-4-5-12-24(22)31(26)35-30(25)21(23)3/h4-18H,1-3H3. The number of hydrogen-bond acceptors (Lipinski definition) is 2. The van der Waals surface area contributed by atoms with Crippen LogP contribution in [0.15, 0.2) is 95.4 Å². The summed E-state index contributed by atoms with van der Waals surface area (Å²) < 4.78 is 8.90. The molecular formula is C32H24N2O.